The molecule has 4 rings (SSSR count). The van der Waals surface area contributed by atoms with Crippen LogP contribution in [0.5, 0.6) is 0 Å². The van der Waals surface area contributed by atoms with E-state index in [1.807, 2.05) is 42.5 Å². The molecule has 1 nitrogen and oxygen atoms in total. The van der Waals surface area contributed by atoms with Crippen LogP contribution in [0.1, 0.15) is 54.3 Å². The summed E-state index contributed by atoms with van der Waals surface area (Å²) in [5, 5.41) is 0. The van der Waals surface area contributed by atoms with E-state index in [0.717, 1.165) is 31.2 Å². The van der Waals surface area contributed by atoms with Crippen LogP contribution in [0.25, 0.3) is 11.3 Å². The standard InChI is InChI=1S/C25H27N/c1-3-8-20(9-4-1)16-22-12-7-13-24(18-22)25-19-23(14-15-26-25)17-21-10-5-2-6-11-21/h1,3-4,7-9,12-15,18-19,21H,2,5-6,10-11,16-17H2/i16D2,17D2. The van der Waals surface area contributed by atoms with Gasteiger partial charge in [-0.3, -0.25) is 4.98 Å². The largest absolute Gasteiger partial charge is 0.256 e. The van der Waals surface area contributed by atoms with E-state index in [9.17, 15) is 0 Å². The van der Waals surface area contributed by atoms with E-state index in [4.69, 9.17) is 5.48 Å². The Hall–Kier alpha value is -2.41. The molecule has 2 aromatic carbocycles. The minimum atomic E-state index is -1.62. The van der Waals surface area contributed by atoms with Crippen molar-refractivity contribution < 1.29 is 5.48 Å². The molecule has 0 N–H and O–H groups in total. The normalized spacial score (nSPS) is 18.5. The second kappa shape index (κ2) is 8.31. The van der Waals surface area contributed by atoms with Gasteiger partial charge >= 0.3 is 0 Å². The first kappa shape index (κ1) is 12.9. The summed E-state index contributed by atoms with van der Waals surface area (Å²) in [5.74, 6) is 0.0417. The molecule has 1 aliphatic carbocycles. The number of pyridine rings is 1. The van der Waals surface area contributed by atoms with Gasteiger partial charge in [0.25, 0.3) is 0 Å². The number of rotatable bonds is 5. The highest BCUT2D eigenvalue weighted by atomic mass is 14.7. The molecule has 1 aromatic heterocycles. The van der Waals surface area contributed by atoms with Crippen molar-refractivity contribution in [3.05, 3.63) is 89.6 Å². The van der Waals surface area contributed by atoms with Crippen molar-refractivity contribution in [1.29, 1.82) is 0 Å². The first-order chi connectivity index (χ1) is 14.4. The molecule has 1 heteroatoms. The maximum absolute atomic E-state index is 8.75. The molecule has 3 aromatic rings. The summed E-state index contributed by atoms with van der Waals surface area (Å²) in [6.45, 7) is 0. The van der Waals surface area contributed by atoms with Crippen molar-refractivity contribution in [3.63, 3.8) is 0 Å². The van der Waals surface area contributed by atoms with E-state index in [1.54, 1.807) is 30.5 Å². The van der Waals surface area contributed by atoms with Crippen molar-refractivity contribution in [2.24, 2.45) is 5.92 Å². The highest BCUT2D eigenvalue weighted by Crippen LogP contribution is 2.28. The molecule has 0 bridgehead atoms. The van der Waals surface area contributed by atoms with Crippen LogP contribution in [0.2, 0.25) is 0 Å². The van der Waals surface area contributed by atoms with Crippen LogP contribution in [0.15, 0.2) is 72.9 Å². The maximum Gasteiger partial charge on any atom is 0.0704 e. The maximum atomic E-state index is 8.75. The van der Waals surface area contributed by atoms with E-state index in [2.05, 4.69) is 4.98 Å². The molecule has 0 radical (unpaired) electrons. The predicted octanol–water partition coefficient (Wildman–Crippen LogP) is 6.46. The fraction of sp³-hybridized carbons (Fsp3) is 0.320. The third kappa shape index (κ3) is 4.40. The molecule has 1 fully saturated rings. The van der Waals surface area contributed by atoms with Gasteiger partial charge in [-0.25, -0.2) is 0 Å². The summed E-state index contributed by atoms with van der Waals surface area (Å²) < 4.78 is 34.8. The van der Waals surface area contributed by atoms with Gasteiger partial charge in [0.15, 0.2) is 0 Å². The zero-order valence-electron chi connectivity index (χ0n) is 19.0. The Labute approximate surface area is 162 Å². The highest BCUT2D eigenvalue weighted by molar-refractivity contribution is 5.61. The Morgan fingerprint density at radius 3 is 2.46 bits per heavy atom. The fourth-order valence-electron chi connectivity index (χ4n) is 3.61. The Morgan fingerprint density at radius 1 is 0.808 bits per heavy atom. The zero-order valence-corrected chi connectivity index (χ0v) is 15.0. The molecule has 0 saturated heterocycles. The second-order valence-electron chi connectivity index (χ2n) is 6.98. The molecule has 0 amide bonds. The van der Waals surface area contributed by atoms with Crippen LogP contribution < -0.4 is 0 Å². The number of aromatic nitrogens is 1. The van der Waals surface area contributed by atoms with E-state index in [0.29, 0.717) is 22.4 Å². The predicted molar refractivity (Wildman–Crippen MR) is 109 cm³/mol. The number of benzene rings is 2. The molecule has 0 unspecified atom stereocenters. The van der Waals surface area contributed by atoms with Gasteiger partial charge in [0.05, 0.1) is 5.69 Å². The Morgan fingerprint density at radius 2 is 1.62 bits per heavy atom. The monoisotopic (exact) mass is 345 g/mol. The van der Waals surface area contributed by atoms with Gasteiger partial charge in [0, 0.05) is 17.2 Å². The zero-order chi connectivity index (χ0) is 21.2. The molecule has 0 atom stereocenters. The average molecular weight is 346 g/mol. The van der Waals surface area contributed by atoms with Crippen LogP contribution in [0.4, 0.5) is 0 Å². The van der Waals surface area contributed by atoms with Crippen LogP contribution in [0, 0.1) is 5.92 Å². The number of nitrogens with zero attached hydrogens (tertiary/aromatic N) is 1. The van der Waals surface area contributed by atoms with Gasteiger partial charge in [-0.1, -0.05) is 80.6 Å². The SMILES string of the molecule is [2H]C([2H])(c1ccccc1)c1cccc(-c2cc(C([2H])([2H])C3CCCCC3)ccn2)c1. The van der Waals surface area contributed by atoms with Crippen molar-refractivity contribution >= 4 is 0 Å². The van der Waals surface area contributed by atoms with E-state index in [-0.39, 0.29) is 5.92 Å². The van der Waals surface area contributed by atoms with Crippen molar-refractivity contribution in [3.8, 4) is 11.3 Å². The molecule has 1 heterocycles. The Balaban J connectivity index is 1.67. The van der Waals surface area contributed by atoms with E-state index >= 15 is 0 Å². The van der Waals surface area contributed by atoms with Crippen molar-refractivity contribution in [1.82, 2.24) is 4.98 Å². The van der Waals surface area contributed by atoms with Crippen molar-refractivity contribution in [2.45, 2.75) is 44.8 Å². The molecule has 0 aliphatic heterocycles. The summed E-state index contributed by atoms with van der Waals surface area (Å²) in [6, 6.07) is 20.2. The van der Waals surface area contributed by atoms with Gasteiger partial charge in [-0.15, -0.1) is 0 Å². The molecule has 1 aliphatic rings. The molecule has 26 heavy (non-hydrogen) atoms. The van der Waals surface area contributed by atoms with Gasteiger partial charge in [0.2, 0.25) is 0 Å². The van der Waals surface area contributed by atoms with Gasteiger partial charge < -0.3 is 0 Å². The summed E-state index contributed by atoms with van der Waals surface area (Å²) in [7, 11) is 0. The van der Waals surface area contributed by atoms with Gasteiger partial charge in [-0.05, 0) is 53.6 Å². The Kier molecular flexibility index (Phi) is 4.11. The first-order valence-electron chi connectivity index (χ1n) is 11.5. The molecule has 0 spiro atoms. The number of hydrogen-bond acceptors (Lipinski definition) is 1. The third-order valence-corrected chi connectivity index (χ3v) is 4.96. The van der Waals surface area contributed by atoms with Crippen LogP contribution >= 0.6 is 0 Å². The lowest BCUT2D eigenvalue weighted by Crippen LogP contribution is -2.09. The quantitative estimate of drug-likeness (QED) is 0.517. The lowest BCUT2D eigenvalue weighted by molar-refractivity contribution is 0.356. The smallest absolute Gasteiger partial charge is 0.0704 e. The van der Waals surface area contributed by atoms with E-state index < -0.39 is 12.7 Å². The van der Waals surface area contributed by atoms with E-state index in [1.165, 1.54) is 6.42 Å². The van der Waals surface area contributed by atoms with Crippen molar-refractivity contribution in [2.75, 3.05) is 0 Å². The average Bonchev–Trinajstić information content (AvgIpc) is 2.80. The minimum absolute atomic E-state index is 0.0417. The minimum Gasteiger partial charge on any atom is -0.256 e. The summed E-state index contributed by atoms with van der Waals surface area (Å²) in [5.41, 5.74) is 3.31. The lowest BCUT2D eigenvalue weighted by Gasteiger charge is -2.21. The number of hydrogen-bond donors (Lipinski definition) is 0. The lowest BCUT2D eigenvalue weighted by atomic mass is 9.85. The van der Waals surface area contributed by atoms with Crippen LogP contribution in [-0.2, 0) is 12.7 Å². The van der Waals surface area contributed by atoms with Crippen LogP contribution in [-0.4, -0.2) is 4.98 Å². The molecule has 132 valence electrons. The molecule has 1 saturated carbocycles. The summed E-state index contributed by atoms with van der Waals surface area (Å²) in [4.78, 5) is 4.48. The van der Waals surface area contributed by atoms with Gasteiger partial charge in [-0.2, -0.15) is 0 Å². The summed E-state index contributed by atoms with van der Waals surface area (Å²) >= 11 is 0. The first-order valence-corrected chi connectivity index (χ1v) is 9.52. The summed E-state index contributed by atoms with van der Waals surface area (Å²) in [6.07, 6.45) is 3.92. The Bertz CT molecular complexity index is 995. The topological polar surface area (TPSA) is 12.9 Å². The third-order valence-electron chi connectivity index (χ3n) is 4.96. The highest BCUT2D eigenvalue weighted by Gasteiger charge is 2.14. The molecular weight excluding hydrogens is 314 g/mol. The fourth-order valence-corrected chi connectivity index (χ4v) is 3.61. The van der Waals surface area contributed by atoms with Crippen LogP contribution in [0.3, 0.4) is 0 Å². The van der Waals surface area contributed by atoms with Gasteiger partial charge in [0.1, 0.15) is 0 Å². The second-order valence-corrected chi connectivity index (χ2v) is 6.98. The molecular formula is C25H27N.